The van der Waals surface area contributed by atoms with Crippen LogP contribution in [-0.4, -0.2) is 38.9 Å². The number of carbonyl (C=O) groups excluding carboxylic acids is 2. The van der Waals surface area contributed by atoms with Crippen LogP contribution in [0.15, 0.2) is 60.7 Å². The molecule has 1 atom stereocenters. The molecule has 1 unspecified atom stereocenters. The van der Waals surface area contributed by atoms with Gasteiger partial charge in [-0.15, -0.1) is 0 Å². The van der Waals surface area contributed by atoms with Crippen molar-refractivity contribution in [3.8, 4) is 23.0 Å². The van der Waals surface area contributed by atoms with Crippen LogP contribution in [0.4, 0.5) is 5.69 Å². The van der Waals surface area contributed by atoms with Crippen LogP contribution in [0, 0.1) is 0 Å². The molecule has 0 saturated carbocycles. The zero-order valence-electron chi connectivity index (χ0n) is 18.5. The van der Waals surface area contributed by atoms with E-state index in [0.717, 1.165) is 22.4 Å². The van der Waals surface area contributed by atoms with Gasteiger partial charge in [0.05, 0.1) is 7.11 Å². The molecule has 1 N–H and O–H groups in total. The van der Waals surface area contributed by atoms with Gasteiger partial charge in [0.25, 0.3) is 0 Å². The fraction of sp³-hybridized carbons (Fsp3) is 0.231. The highest BCUT2D eigenvalue weighted by atomic mass is 16.7. The molecule has 3 aliphatic heterocycles. The lowest BCUT2D eigenvalue weighted by Gasteiger charge is -2.23. The van der Waals surface area contributed by atoms with E-state index in [0.29, 0.717) is 29.5 Å². The number of para-hydroxylation sites is 1. The molecule has 2 amide bonds. The van der Waals surface area contributed by atoms with E-state index in [1.54, 1.807) is 18.1 Å². The lowest BCUT2D eigenvalue weighted by atomic mass is 9.77. The van der Waals surface area contributed by atoms with Crippen LogP contribution in [0.5, 0.6) is 23.0 Å². The molecule has 3 aliphatic rings. The van der Waals surface area contributed by atoms with E-state index in [1.165, 1.54) is 0 Å². The largest absolute Gasteiger partial charge is 0.497 e. The lowest BCUT2D eigenvalue weighted by Crippen LogP contribution is -2.46. The van der Waals surface area contributed by atoms with Gasteiger partial charge < -0.3 is 29.2 Å². The van der Waals surface area contributed by atoms with Crippen LogP contribution in [0.3, 0.4) is 0 Å². The minimum atomic E-state index is -1.02. The smallest absolute Gasteiger partial charge is 0.246 e. The first-order chi connectivity index (χ1) is 16.6. The third-order valence-electron chi connectivity index (χ3n) is 6.59. The average Bonchev–Trinajstić information content (AvgIpc) is 3.54. The highest BCUT2D eigenvalue weighted by molar-refractivity contribution is 6.13. The molecule has 6 rings (SSSR count). The van der Waals surface area contributed by atoms with Crippen molar-refractivity contribution in [3.05, 3.63) is 77.4 Å². The van der Waals surface area contributed by atoms with Gasteiger partial charge in [0.15, 0.2) is 11.5 Å². The second-order valence-corrected chi connectivity index (χ2v) is 8.43. The van der Waals surface area contributed by atoms with Gasteiger partial charge in [0, 0.05) is 23.9 Å². The Balaban J connectivity index is 1.27. The van der Waals surface area contributed by atoms with Gasteiger partial charge in [-0.1, -0.05) is 30.3 Å². The number of nitrogens with one attached hydrogen (secondary N) is 1. The van der Waals surface area contributed by atoms with Gasteiger partial charge in [-0.05, 0) is 35.4 Å². The first kappa shape index (κ1) is 20.4. The van der Waals surface area contributed by atoms with E-state index in [1.807, 2.05) is 54.6 Å². The number of benzene rings is 3. The van der Waals surface area contributed by atoms with E-state index in [9.17, 15) is 9.59 Å². The standard InChI is InChI=1S/C26H22N2O6/c1-31-17-8-6-16(7-9-17)12-27-24(29)13-28-20-5-3-2-4-18(20)26(25(28)30)14-32-21-11-23-22(10-19(21)26)33-15-34-23/h2-11H,12-15H2,1H3,(H,27,29). The molecule has 0 aliphatic carbocycles. The number of amides is 2. The number of anilines is 1. The maximum atomic E-state index is 13.9. The molecule has 3 aromatic carbocycles. The number of fused-ring (bicyclic) bond motifs is 5. The molecule has 0 radical (unpaired) electrons. The highest BCUT2D eigenvalue weighted by Gasteiger charge is 2.57. The number of carbonyl (C=O) groups is 2. The summed E-state index contributed by atoms with van der Waals surface area (Å²) >= 11 is 0. The molecule has 8 nitrogen and oxygen atoms in total. The summed E-state index contributed by atoms with van der Waals surface area (Å²) in [4.78, 5) is 28.3. The van der Waals surface area contributed by atoms with Gasteiger partial charge >= 0.3 is 0 Å². The molecular formula is C26H22N2O6. The Morgan fingerprint density at radius 2 is 1.76 bits per heavy atom. The summed E-state index contributed by atoms with van der Waals surface area (Å²) in [6.45, 7) is 0.558. The molecule has 0 aromatic heterocycles. The van der Waals surface area contributed by atoms with Crippen molar-refractivity contribution in [3.63, 3.8) is 0 Å². The molecule has 0 fully saturated rings. The Hall–Kier alpha value is -4.20. The first-order valence-corrected chi connectivity index (χ1v) is 11.0. The second-order valence-electron chi connectivity index (χ2n) is 8.43. The number of hydrogen-bond donors (Lipinski definition) is 1. The SMILES string of the molecule is COc1ccc(CNC(=O)CN2C(=O)C3(COc4cc5c(cc43)OCO5)c3ccccc32)cc1. The summed E-state index contributed by atoms with van der Waals surface area (Å²) in [6, 6.07) is 18.6. The Kier molecular flexibility index (Phi) is 4.62. The van der Waals surface area contributed by atoms with Gasteiger partial charge in [0.2, 0.25) is 18.6 Å². The van der Waals surface area contributed by atoms with Gasteiger partial charge in [-0.2, -0.15) is 0 Å². The number of hydrogen-bond acceptors (Lipinski definition) is 6. The van der Waals surface area contributed by atoms with Crippen molar-refractivity contribution < 1.29 is 28.5 Å². The molecule has 1 spiro atoms. The topological polar surface area (TPSA) is 86.3 Å². The van der Waals surface area contributed by atoms with E-state index < -0.39 is 5.41 Å². The van der Waals surface area contributed by atoms with Crippen LogP contribution < -0.4 is 29.2 Å². The third kappa shape index (κ3) is 2.98. The predicted octanol–water partition coefficient (Wildman–Crippen LogP) is 2.77. The summed E-state index contributed by atoms with van der Waals surface area (Å²) in [5.41, 5.74) is 2.17. The molecule has 0 saturated heterocycles. The number of ether oxygens (including phenoxy) is 4. The van der Waals surface area contributed by atoms with Crippen molar-refractivity contribution in [1.82, 2.24) is 5.32 Å². The highest BCUT2D eigenvalue weighted by Crippen LogP contribution is 2.54. The summed E-state index contributed by atoms with van der Waals surface area (Å²) in [5, 5.41) is 2.91. The summed E-state index contributed by atoms with van der Waals surface area (Å²) < 4.78 is 22.2. The number of methoxy groups -OCH3 is 1. The van der Waals surface area contributed by atoms with Crippen molar-refractivity contribution in [1.29, 1.82) is 0 Å². The van der Waals surface area contributed by atoms with Gasteiger partial charge in [0.1, 0.15) is 30.1 Å². The maximum absolute atomic E-state index is 13.9. The Morgan fingerprint density at radius 3 is 2.56 bits per heavy atom. The average molecular weight is 458 g/mol. The molecule has 172 valence electrons. The van der Waals surface area contributed by atoms with Crippen LogP contribution in [0.25, 0.3) is 0 Å². The Labute approximate surface area is 196 Å². The summed E-state index contributed by atoms with van der Waals surface area (Å²) in [7, 11) is 1.61. The molecule has 0 bridgehead atoms. The zero-order chi connectivity index (χ0) is 23.3. The number of rotatable bonds is 5. The normalized spacial score (nSPS) is 19.1. The van der Waals surface area contributed by atoms with Crippen molar-refractivity contribution in [2.45, 2.75) is 12.0 Å². The third-order valence-corrected chi connectivity index (χ3v) is 6.59. The summed E-state index contributed by atoms with van der Waals surface area (Å²) in [5.74, 6) is 2.10. The van der Waals surface area contributed by atoms with Gasteiger partial charge in [-0.3, -0.25) is 9.59 Å². The minimum Gasteiger partial charge on any atom is -0.497 e. The minimum absolute atomic E-state index is 0.0896. The van der Waals surface area contributed by atoms with E-state index in [2.05, 4.69) is 5.32 Å². The molecule has 34 heavy (non-hydrogen) atoms. The van der Waals surface area contributed by atoms with Crippen molar-refractivity contribution in [2.75, 3.05) is 32.0 Å². The molecular weight excluding hydrogens is 436 g/mol. The van der Waals surface area contributed by atoms with Crippen molar-refractivity contribution in [2.24, 2.45) is 0 Å². The van der Waals surface area contributed by atoms with Gasteiger partial charge in [-0.25, -0.2) is 0 Å². The van der Waals surface area contributed by atoms with Crippen LogP contribution in [0.1, 0.15) is 16.7 Å². The Morgan fingerprint density at radius 1 is 1.00 bits per heavy atom. The fourth-order valence-electron chi connectivity index (χ4n) is 4.87. The maximum Gasteiger partial charge on any atom is 0.246 e. The first-order valence-electron chi connectivity index (χ1n) is 11.0. The van der Waals surface area contributed by atoms with E-state index >= 15 is 0 Å². The van der Waals surface area contributed by atoms with E-state index in [4.69, 9.17) is 18.9 Å². The fourth-order valence-corrected chi connectivity index (χ4v) is 4.87. The molecule has 3 aromatic rings. The summed E-state index contributed by atoms with van der Waals surface area (Å²) in [6.07, 6.45) is 0. The molecule has 8 heteroatoms. The van der Waals surface area contributed by atoms with Crippen LogP contribution in [-0.2, 0) is 21.5 Å². The van der Waals surface area contributed by atoms with E-state index in [-0.39, 0.29) is 31.8 Å². The zero-order valence-corrected chi connectivity index (χ0v) is 18.5. The molecule has 3 heterocycles. The Bertz CT molecular complexity index is 1310. The predicted molar refractivity (Wildman–Crippen MR) is 122 cm³/mol. The van der Waals surface area contributed by atoms with Crippen LogP contribution in [0.2, 0.25) is 0 Å². The van der Waals surface area contributed by atoms with Crippen molar-refractivity contribution >= 4 is 17.5 Å². The quantitative estimate of drug-likeness (QED) is 0.633. The van der Waals surface area contributed by atoms with Crippen LogP contribution >= 0.6 is 0 Å². The number of nitrogens with zero attached hydrogens (tertiary/aromatic N) is 1. The monoisotopic (exact) mass is 458 g/mol. The lowest BCUT2D eigenvalue weighted by molar-refractivity contribution is -0.125. The second kappa shape index (κ2) is 7.69.